The van der Waals surface area contributed by atoms with E-state index in [1.54, 1.807) is 6.92 Å². The van der Waals surface area contributed by atoms with E-state index in [4.69, 9.17) is 4.74 Å². The molecule has 0 amide bonds. The van der Waals surface area contributed by atoms with Crippen LogP contribution in [0.15, 0.2) is 42.5 Å². The van der Waals surface area contributed by atoms with Crippen molar-refractivity contribution in [3.63, 3.8) is 0 Å². The quantitative estimate of drug-likeness (QED) is 0.390. The van der Waals surface area contributed by atoms with Gasteiger partial charge in [0, 0.05) is 11.1 Å². The summed E-state index contributed by atoms with van der Waals surface area (Å²) in [5.74, 6) is -0.310. The maximum absolute atomic E-state index is 11.3. The van der Waals surface area contributed by atoms with Crippen molar-refractivity contribution >= 4 is 5.97 Å². The van der Waals surface area contributed by atoms with Gasteiger partial charge in [0.1, 0.15) is 19.7 Å². The zero-order valence-corrected chi connectivity index (χ0v) is 11.9. The first-order valence-electron chi connectivity index (χ1n) is 6.09. The van der Waals surface area contributed by atoms with Gasteiger partial charge in [0.05, 0.1) is 14.1 Å². The van der Waals surface area contributed by atoms with Crippen molar-refractivity contribution in [2.45, 2.75) is 13.5 Å². The van der Waals surface area contributed by atoms with Crippen molar-refractivity contribution in [3.8, 4) is 0 Å². The molecule has 1 rings (SSSR count). The molecule has 0 aliphatic heterocycles. The summed E-state index contributed by atoms with van der Waals surface area (Å²) in [6.45, 7) is 7.35. The molecule has 0 aliphatic carbocycles. The first-order chi connectivity index (χ1) is 8.41. The van der Waals surface area contributed by atoms with E-state index in [0.29, 0.717) is 12.2 Å². The van der Waals surface area contributed by atoms with Gasteiger partial charge in [0.2, 0.25) is 0 Å². The van der Waals surface area contributed by atoms with Gasteiger partial charge in [0.25, 0.3) is 0 Å². The Morgan fingerprint density at radius 1 is 1.26 bits per heavy atom. The predicted molar refractivity (Wildman–Crippen MR) is 72.9 cm³/mol. The normalized spacial score (nSPS) is 10.5. The molecule has 0 saturated carbocycles. The summed E-state index contributed by atoms with van der Waals surface area (Å²) in [6.07, 6.45) is 0. The number of hydrogen-bond donors (Lipinski definition) is 0. The molecule has 1 aromatic rings. The van der Waals surface area contributed by atoms with Gasteiger partial charge < -0.3 is 13.9 Å². The van der Waals surface area contributed by atoms with Crippen molar-refractivity contribution in [1.29, 1.82) is 0 Å². The third-order valence-electron chi connectivity index (χ3n) is 2.73. The number of carbonyl (C=O) groups is 1. The Labute approximate surface area is 114 Å². The maximum Gasteiger partial charge on any atom is 0.333 e. The fourth-order valence-corrected chi connectivity index (χ4v) is 1.67. The van der Waals surface area contributed by atoms with Crippen LogP contribution in [-0.4, -0.2) is 37.7 Å². The van der Waals surface area contributed by atoms with Crippen LogP contribution in [0.5, 0.6) is 0 Å². The number of quaternary nitrogens is 1. The van der Waals surface area contributed by atoms with Gasteiger partial charge in [-0.15, -0.1) is 0 Å². The summed E-state index contributed by atoms with van der Waals surface area (Å²) in [7, 11) is 4.25. The van der Waals surface area contributed by atoms with E-state index >= 15 is 0 Å². The molecule has 4 heteroatoms. The smallest absolute Gasteiger partial charge is 0.333 e. The summed E-state index contributed by atoms with van der Waals surface area (Å²) in [5.41, 5.74) is 1.73. The highest BCUT2D eigenvalue weighted by molar-refractivity contribution is 5.86. The van der Waals surface area contributed by atoms with Gasteiger partial charge in [-0.1, -0.05) is 36.9 Å². The van der Waals surface area contributed by atoms with E-state index in [1.807, 2.05) is 18.2 Å². The van der Waals surface area contributed by atoms with Gasteiger partial charge in [0.15, 0.2) is 0 Å². The summed E-state index contributed by atoms with van der Waals surface area (Å²) in [4.78, 5) is 11.3. The van der Waals surface area contributed by atoms with E-state index in [0.717, 1.165) is 17.6 Å². The predicted octanol–water partition coefficient (Wildman–Crippen LogP) is -0.614. The highest BCUT2D eigenvalue weighted by Crippen LogP contribution is 2.08. The summed E-state index contributed by atoms with van der Waals surface area (Å²) < 4.78 is 5.91. The maximum atomic E-state index is 11.3. The largest absolute Gasteiger partial charge is 1.00 e. The molecule has 0 heterocycles. The van der Waals surface area contributed by atoms with Crippen molar-refractivity contribution in [2.75, 3.05) is 27.2 Å². The standard InChI is InChI=1S/C15H22NO2.FH/c1-13(2)15(17)18-11-10-16(3,4)12-14-8-6-5-7-9-14;/h5-9H,1,10-12H2,2-4H3;1H/q+1;/p-1. The highest BCUT2D eigenvalue weighted by Gasteiger charge is 2.16. The zero-order valence-electron chi connectivity index (χ0n) is 11.9. The average Bonchev–Trinajstić information content (AvgIpc) is 2.29. The number of benzene rings is 1. The Bertz CT molecular complexity index is 415. The van der Waals surface area contributed by atoms with Gasteiger partial charge in [-0.05, 0) is 6.92 Å². The van der Waals surface area contributed by atoms with E-state index in [9.17, 15) is 4.79 Å². The van der Waals surface area contributed by atoms with Crippen molar-refractivity contribution < 1.29 is 18.7 Å². The van der Waals surface area contributed by atoms with Crippen molar-refractivity contribution in [1.82, 2.24) is 0 Å². The third-order valence-corrected chi connectivity index (χ3v) is 2.73. The van der Waals surface area contributed by atoms with Gasteiger partial charge in [-0.2, -0.15) is 0 Å². The van der Waals surface area contributed by atoms with Crippen molar-refractivity contribution in [2.24, 2.45) is 0 Å². The van der Waals surface area contributed by atoms with Gasteiger partial charge in [-0.3, -0.25) is 0 Å². The fourth-order valence-electron chi connectivity index (χ4n) is 1.67. The Morgan fingerprint density at radius 3 is 2.37 bits per heavy atom. The summed E-state index contributed by atoms with van der Waals surface area (Å²) >= 11 is 0. The molecule has 3 nitrogen and oxygen atoms in total. The lowest BCUT2D eigenvalue weighted by Gasteiger charge is -2.29. The average molecular weight is 267 g/mol. The monoisotopic (exact) mass is 267 g/mol. The molecular formula is C15H22FNO2. The number of halogens is 1. The fraction of sp³-hybridized carbons (Fsp3) is 0.400. The van der Waals surface area contributed by atoms with E-state index in [-0.39, 0.29) is 10.7 Å². The number of nitrogens with zero attached hydrogens (tertiary/aromatic N) is 1. The first-order valence-corrected chi connectivity index (χ1v) is 6.09. The molecule has 0 bridgehead atoms. The van der Waals surface area contributed by atoms with Crippen LogP contribution in [-0.2, 0) is 16.1 Å². The number of esters is 1. The lowest BCUT2D eigenvalue weighted by atomic mass is 10.2. The van der Waals surface area contributed by atoms with Crippen LogP contribution >= 0.6 is 0 Å². The van der Waals surface area contributed by atoms with Crippen molar-refractivity contribution in [3.05, 3.63) is 48.0 Å². The summed E-state index contributed by atoms with van der Waals surface area (Å²) in [6, 6.07) is 10.3. The summed E-state index contributed by atoms with van der Waals surface area (Å²) in [5, 5.41) is 0. The van der Waals surface area contributed by atoms with Crippen LogP contribution in [0.4, 0.5) is 0 Å². The number of hydrogen-bond acceptors (Lipinski definition) is 2. The van der Waals surface area contributed by atoms with E-state index in [1.165, 1.54) is 5.56 Å². The molecule has 0 unspecified atom stereocenters. The molecular weight excluding hydrogens is 245 g/mol. The first kappa shape index (κ1) is 17.3. The van der Waals surface area contributed by atoms with Crippen LogP contribution in [0.25, 0.3) is 0 Å². The van der Waals surface area contributed by atoms with Crippen LogP contribution in [0.3, 0.4) is 0 Å². The molecule has 19 heavy (non-hydrogen) atoms. The van der Waals surface area contributed by atoms with E-state index in [2.05, 4.69) is 32.8 Å². The molecule has 0 fully saturated rings. The van der Waals surface area contributed by atoms with E-state index < -0.39 is 0 Å². The second kappa shape index (κ2) is 7.69. The third kappa shape index (κ3) is 6.72. The minimum atomic E-state index is -0.310. The minimum absolute atomic E-state index is 0. The van der Waals surface area contributed by atoms with Crippen LogP contribution in [0.1, 0.15) is 12.5 Å². The zero-order chi connectivity index (χ0) is 13.6. The topological polar surface area (TPSA) is 26.3 Å². The molecule has 0 N–H and O–H groups in total. The Hall–Kier alpha value is -1.68. The van der Waals surface area contributed by atoms with Crippen LogP contribution in [0.2, 0.25) is 0 Å². The number of rotatable bonds is 6. The lowest BCUT2D eigenvalue weighted by Crippen LogP contribution is -3.00. The Balaban J connectivity index is 0.00000324. The van der Waals surface area contributed by atoms with Crippen LogP contribution in [0, 0.1) is 0 Å². The van der Waals surface area contributed by atoms with Gasteiger partial charge in [-0.25, -0.2) is 4.79 Å². The molecule has 0 atom stereocenters. The Kier molecular flexibility index (Phi) is 7.01. The SMILES string of the molecule is C=C(C)C(=O)OCC[N+](C)(C)Cc1ccccc1.[F-]. The van der Waals surface area contributed by atoms with Gasteiger partial charge >= 0.3 is 5.97 Å². The Morgan fingerprint density at radius 2 is 1.84 bits per heavy atom. The lowest BCUT2D eigenvalue weighted by molar-refractivity contribution is -0.903. The molecule has 0 radical (unpaired) electrons. The minimum Gasteiger partial charge on any atom is -1.00 e. The second-order valence-electron chi connectivity index (χ2n) is 5.22. The molecule has 0 aromatic heterocycles. The molecule has 106 valence electrons. The van der Waals surface area contributed by atoms with Crippen LogP contribution < -0.4 is 4.70 Å². The molecule has 0 saturated heterocycles. The molecule has 0 spiro atoms. The highest BCUT2D eigenvalue weighted by atomic mass is 19.0. The second-order valence-corrected chi connectivity index (χ2v) is 5.22. The number of ether oxygens (including phenoxy) is 1. The number of likely N-dealkylation sites (N-methyl/N-ethyl adjacent to an activating group) is 1. The molecule has 1 aromatic carbocycles. The number of carbonyl (C=O) groups excluding carboxylic acids is 1. The molecule has 0 aliphatic rings.